The highest BCUT2D eigenvalue weighted by Crippen LogP contribution is 2.23. The number of rotatable bonds is 3. The zero-order valence-corrected chi connectivity index (χ0v) is 9.76. The first kappa shape index (κ1) is 11.4. The molecule has 1 saturated heterocycles. The number of hydrogen-bond donors (Lipinski definition) is 2. The van der Waals surface area contributed by atoms with Crippen molar-refractivity contribution in [1.29, 1.82) is 0 Å². The van der Waals surface area contributed by atoms with Crippen molar-refractivity contribution in [2.24, 2.45) is 0 Å². The summed E-state index contributed by atoms with van der Waals surface area (Å²) >= 11 is 0. The van der Waals surface area contributed by atoms with Crippen LogP contribution in [0, 0.1) is 0 Å². The van der Waals surface area contributed by atoms with Crippen molar-refractivity contribution >= 4 is 5.69 Å². The van der Waals surface area contributed by atoms with Crippen molar-refractivity contribution in [2.45, 2.75) is 31.9 Å². The van der Waals surface area contributed by atoms with E-state index in [1.807, 2.05) is 0 Å². The molecular formula is C11H20N4O. The van der Waals surface area contributed by atoms with Gasteiger partial charge in [-0.2, -0.15) is 5.10 Å². The summed E-state index contributed by atoms with van der Waals surface area (Å²) in [7, 11) is 0. The van der Waals surface area contributed by atoms with Gasteiger partial charge in [-0.1, -0.05) is 6.92 Å². The molecule has 0 aromatic carbocycles. The van der Waals surface area contributed by atoms with E-state index in [1.165, 1.54) is 0 Å². The lowest BCUT2D eigenvalue weighted by atomic mass is 9.91. The van der Waals surface area contributed by atoms with Crippen LogP contribution in [0.1, 0.15) is 19.8 Å². The zero-order valence-electron chi connectivity index (χ0n) is 9.76. The van der Waals surface area contributed by atoms with Gasteiger partial charge in [-0.3, -0.25) is 4.68 Å². The average molecular weight is 224 g/mol. The van der Waals surface area contributed by atoms with Gasteiger partial charge in [-0.15, -0.1) is 0 Å². The molecule has 1 aromatic heterocycles. The molecule has 1 aliphatic heterocycles. The molecule has 0 saturated carbocycles. The van der Waals surface area contributed by atoms with Crippen LogP contribution < -0.4 is 5.73 Å². The van der Waals surface area contributed by atoms with E-state index in [4.69, 9.17) is 5.73 Å². The Morgan fingerprint density at radius 2 is 2.19 bits per heavy atom. The maximum Gasteiger partial charge on any atom is 0.0867 e. The quantitative estimate of drug-likeness (QED) is 0.775. The van der Waals surface area contributed by atoms with Crippen LogP contribution >= 0.6 is 0 Å². The van der Waals surface area contributed by atoms with Crippen LogP contribution in [0.3, 0.4) is 0 Å². The fourth-order valence-corrected chi connectivity index (χ4v) is 2.21. The third-order valence-electron chi connectivity index (χ3n) is 3.34. The van der Waals surface area contributed by atoms with Gasteiger partial charge in [0.25, 0.3) is 0 Å². The van der Waals surface area contributed by atoms with Crippen LogP contribution in [0.5, 0.6) is 0 Å². The summed E-state index contributed by atoms with van der Waals surface area (Å²) in [6.07, 6.45) is 5.00. The summed E-state index contributed by atoms with van der Waals surface area (Å²) in [6.45, 7) is 5.68. The lowest BCUT2D eigenvalue weighted by molar-refractivity contribution is -0.0353. The normalized spacial score (nSPS) is 21.1. The molecule has 1 aliphatic rings. The second-order valence-corrected chi connectivity index (χ2v) is 4.63. The molecule has 2 rings (SSSR count). The van der Waals surface area contributed by atoms with Gasteiger partial charge in [0.1, 0.15) is 0 Å². The second kappa shape index (κ2) is 4.43. The predicted octanol–water partition coefficient (Wildman–Crippen LogP) is 0.312. The average Bonchev–Trinajstić information content (AvgIpc) is 2.64. The Kier molecular flexibility index (Phi) is 3.16. The van der Waals surface area contributed by atoms with Crippen molar-refractivity contribution in [1.82, 2.24) is 14.7 Å². The minimum Gasteiger partial charge on any atom is -0.396 e. The molecule has 1 aromatic rings. The van der Waals surface area contributed by atoms with Gasteiger partial charge in [0.15, 0.2) is 0 Å². The fraction of sp³-hybridized carbons (Fsp3) is 0.727. The molecule has 0 radical (unpaired) electrons. The first-order chi connectivity index (χ1) is 7.61. The number of nitrogen functional groups attached to an aromatic ring is 1. The highest BCUT2D eigenvalue weighted by atomic mass is 16.3. The topological polar surface area (TPSA) is 67.3 Å². The number of nitrogens with zero attached hydrogens (tertiary/aromatic N) is 3. The van der Waals surface area contributed by atoms with Crippen molar-refractivity contribution in [3.05, 3.63) is 12.4 Å². The summed E-state index contributed by atoms with van der Waals surface area (Å²) in [5.41, 5.74) is 5.62. The van der Waals surface area contributed by atoms with E-state index in [9.17, 15) is 5.11 Å². The number of aromatic nitrogens is 2. The van der Waals surface area contributed by atoms with Crippen molar-refractivity contribution in [3.63, 3.8) is 0 Å². The smallest absolute Gasteiger partial charge is 0.0867 e. The van der Waals surface area contributed by atoms with Crippen LogP contribution in [0.15, 0.2) is 12.4 Å². The van der Waals surface area contributed by atoms with Crippen LogP contribution in [-0.2, 0) is 6.54 Å². The molecule has 0 aliphatic carbocycles. The van der Waals surface area contributed by atoms with E-state index in [1.54, 1.807) is 17.1 Å². The molecule has 2 heterocycles. The Bertz CT molecular complexity index is 342. The third kappa shape index (κ3) is 2.54. The minimum atomic E-state index is -0.621. The summed E-state index contributed by atoms with van der Waals surface area (Å²) in [5.74, 6) is 0. The van der Waals surface area contributed by atoms with Crippen molar-refractivity contribution in [2.75, 3.05) is 25.4 Å². The van der Waals surface area contributed by atoms with E-state index in [0.29, 0.717) is 12.2 Å². The number of anilines is 1. The van der Waals surface area contributed by atoms with E-state index in [2.05, 4.69) is 16.9 Å². The first-order valence-corrected chi connectivity index (χ1v) is 5.84. The van der Waals surface area contributed by atoms with Gasteiger partial charge in [0.05, 0.1) is 24.0 Å². The highest BCUT2D eigenvalue weighted by molar-refractivity contribution is 5.30. The number of likely N-dealkylation sites (tertiary alicyclic amines) is 1. The number of nitrogens with two attached hydrogens (primary N) is 1. The number of piperidine rings is 1. The van der Waals surface area contributed by atoms with Gasteiger partial charge in [0.2, 0.25) is 0 Å². The molecule has 5 nitrogen and oxygen atoms in total. The molecule has 16 heavy (non-hydrogen) atoms. The fourth-order valence-electron chi connectivity index (χ4n) is 2.21. The molecule has 0 spiro atoms. The molecule has 5 heteroatoms. The Morgan fingerprint density at radius 1 is 1.50 bits per heavy atom. The Morgan fingerprint density at radius 3 is 2.69 bits per heavy atom. The third-order valence-corrected chi connectivity index (χ3v) is 3.34. The Hall–Kier alpha value is -1.07. The van der Waals surface area contributed by atoms with Crippen LogP contribution in [-0.4, -0.2) is 45.0 Å². The van der Waals surface area contributed by atoms with E-state index < -0.39 is 5.60 Å². The SMILES string of the molecule is CCN1CCC(O)(Cn2cc(N)cn2)CC1. The standard InChI is InChI=1S/C11H20N4O/c1-2-14-5-3-11(16,4-6-14)9-15-8-10(12)7-13-15/h7-8,16H,2-6,9,12H2,1H3. The molecule has 1 fully saturated rings. The Labute approximate surface area is 95.8 Å². The van der Waals surface area contributed by atoms with Gasteiger partial charge in [-0.25, -0.2) is 0 Å². The summed E-state index contributed by atoms with van der Waals surface area (Å²) < 4.78 is 1.73. The van der Waals surface area contributed by atoms with E-state index >= 15 is 0 Å². The predicted molar refractivity (Wildman–Crippen MR) is 62.9 cm³/mol. The Balaban J connectivity index is 1.94. The molecule has 3 N–H and O–H groups in total. The second-order valence-electron chi connectivity index (χ2n) is 4.63. The highest BCUT2D eigenvalue weighted by Gasteiger charge is 2.32. The van der Waals surface area contributed by atoms with Crippen LogP contribution in [0.2, 0.25) is 0 Å². The van der Waals surface area contributed by atoms with Crippen molar-refractivity contribution < 1.29 is 5.11 Å². The summed E-state index contributed by atoms with van der Waals surface area (Å²) in [4.78, 5) is 2.35. The molecule has 0 unspecified atom stereocenters. The lowest BCUT2D eigenvalue weighted by Crippen LogP contribution is -2.46. The minimum absolute atomic E-state index is 0.543. The first-order valence-electron chi connectivity index (χ1n) is 5.84. The molecule has 0 bridgehead atoms. The van der Waals surface area contributed by atoms with E-state index in [-0.39, 0.29) is 0 Å². The number of hydrogen-bond acceptors (Lipinski definition) is 4. The van der Waals surface area contributed by atoms with Gasteiger partial charge in [-0.05, 0) is 19.4 Å². The van der Waals surface area contributed by atoms with E-state index in [0.717, 1.165) is 32.5 Å². The largest absolute Gasteiger partial charge is 0.396 e. The number of aliphatic hydroxyl groups is 1. The maximum atomic E-state index is 10.4. The molecular weight excluding hydrogens is 204 g/mol. The molecule has 90 valence electrons. The van der Waals surface area contributed by atoms with Gasteiger partial charge in [0, 0.05) is 19.3 Å². The molecule has 0 atom stereocenters. The van der Waals surface area contributed by atoms with Gasteiger partial charge >= 0.3 is 0 Å². The summed E-state index contributed by atoms with van der Waals surface area (Å²) in [5, 5.41) is 14.5. The molecule has 0 amide bonds. The van der Waals surface area contributed by atoms with Crippen molar-refractivity contribution in [3.8, 4) is 0 Å². The van der Waals surface area contributed by atoms with Crippen LogP contribution in [0.25, 0.3) is 0 Å². The monoisotopic (exact) mass is 224 g/mol. The lowest BCUT2D eigenvalue weighted by Gasteiger charge is -2.37. The summed E-state index contributed by atoms with van der Waals surface area (Å²) in [6, 6.07) is 0. The van der Waals surface area contributed by atoms with Crippen LogP contribution in [0.4, 0.5) is 5.69 Å². The zero-order chi connectivity index (χ0) is 11.6. The maximum absolute atomic E-state index is 10.4. The van der Waals surface area contributed by atoms with Gasteiger partial charge < -0.3 is 15.7 Å².